The fourth-order valence-corrected chi connectivity index (χ4v) is 9.92. The molecular formula is C51H37N4S+. The molecule has 9 aromatic rings. The van der Waals surface area contributed by atoms with Gasteiger partial charge in [-0.05, 0) is 76.1 Å². The van der Waals surface area contributed by atoms with Gasteiger partial charge in [0.1, 0.15) is 0 Å². The second kappa shape index (κ2) is 13.5. The van der Waals surface area contributed by atoms with Gasteiger partial charge in [-0.15, -0.1) is 11.3 Å². The molecule has 1 aliphatic heterocycles. The van der Waals surface area contributed by atoms with Crippen molar-refractivity contribution in [1.82, 2.24) is 9.88 Å². The highest BCUT2D eigenvalue weighted by Crippen LogP contribution is 2.44. The van der Waals surface area contributed by atoms with Gasteiger partial charge in [-0.25, -0.2) is 4.99 Å². The molecule has 0 spiro atoms. The quantitative estimate of drug-likeness (QED) is 0.175. The molecule has 11 rings (SSSR count). The number of rotatable bonds is 6. The topological polar surface area (TPSA) is 43.3 Å². The van der Waals surface area contributed by atoms with Crippen molar-refractivity contribution in [1.29, 1.82) is 0 Å². The average molecular weight is 738 g/mol. The Morgan fingerprint density at radius 3 is 2.02 bits per heavy atom. The Morgan fingerprint density at radius 2 is 1.25 bits per heavy atom. The third-order valence-corrected chi connectivity index (χ3v) is 12.5. The first kappa shape index (κ1) is 32.6. The molecule has 2 unspecified atom stereocenters. The summed E-state index contributed by atoms with van der Waals surface area (Å²) in [6.45, 7) is 0. The van der Waals surface area contributed by atoms with Crippen LogP contribution in [-0.2, 0) is 0 Å². The summed E-state index contributed by atoms with van der Waals surface area (Å²) in [6.07, 6.45) is 9.46. The third-order valence-electron chi connectivity index (χ3n) is 11.2. The number of aromatic nitrogens is 1. The number of nitrogens with one attached hydrogen (secondary N) is 2. The minimum absolute atomic E-state index is 0.152. The van der Waals surface area contributed by atoms with Crippen molar-refractivity contribution in [2.24, 2.45) is 10.9 Å². The van der Waals surface area contributed by atoms with Crippen LogP contribution < -0.4 is 10.3 Å². The normalized spacial score (nSPS) is 16.7. The van der Waals surface area contributed by atoms with Crippen molar-refractivity contribution < 1.29 is 4.99 Å². The van der Waals surface area contributed by atoms with E-state index in [1.807, 2.05) is 17.4 Å². The van der Waals surface area contributed by atoms with E-state index in [9.17, 15) is 0 Å². The number of hydrogen-bond acceptors (Lipinski definition) is 3. The lowest BCUT2D eigenvalue weighted by Crippen LogP contribution is -2.81. The number of para-hydroxylation sites is 1. The van der Waals surface area contributed by atoms with Gasteiger partial charge in [0.25, 0.3) is 5.84 Å². The Morgan fingerprint density at radius 1 is 0.571 bits per heavy atom. The predicted molar refractivity (Wildman–Crippen MR) is 236 cm³/mol. The zero-order chi connectivity index (χ0) is 37.0. The van der Waals surface area contributed by atoms with Crippen molar-refractivity contribution in [2.45, 2.75) is 12.6 Å². The number of nitrogens with zero attached hydrogens (tertiary/aromatic N) is 2. The zero-order valence-corrected chi connectivity index (χ0v) is 31.4. The van der Waals surface area contributed by atoms with Crippen LogP contribution in [0.3, 0.4) is 0 Å². The van der Waals surface area contributed by atoms with Gasteiger partial charge >= 0.3 is 5.84 Å². The molecule has 5 heteroatoms. The number of amidine groups is 2. The maximum Gasteiger partial charge on any atom is 0.303 e. The van der Waals surface area contributed by atoms with Crippen LogP contribution in [0.2, 0.25) is 0 Å². The molecule has 2 N–H and O–H groups in total. The Balaban J connectivity index is 1.02. The van der Waals surface area contributed by atoms with Crippen molar-refractivity contribution in [3.63, 3.8) is 0 Å². The third kappa shape index (κ3) is 5.51. The number of benzene rings is 7. The van der Waals surface area contributed by atoms with Crippen molar-refractivity contribution in [3.05, 3.63) is 199 Å². The van der Waals surface area contributed by atoms with Crippen LogP contribution in [0.25, 0.3) is 69.9 Å². The van der Waals surface area contributed by atoms with Gasteiger partial charge in [0.05, 0.1) is 17.0 Å². The second-order valence-electron chi connectivity index (χ2n) is 14.6. The van der Waals surface area contributed by atoms with Gasteiger partial charge in [-0.2, -0.15) is 0 Å². The summed E-state index contributed by atoms with van der Waals surface area (Å²) in [4.78, 5) is 8.88. The molecule has 266 valence electrons. The molecule has 0 radical (unpaired) electrons. The Kier molecular flexibility index (Phi) is 7.85. The fraction of sp³-hybridized carbons (Fsp3) is 0.0588. The number of hydrogen-bond donors (Lipinski definition) is 2. The van der Waals surface area contributed by atoms with Crippen LogP contribution in [0.5, 0.6) is 0 Å². The molecule has 56 heavy (non-hydrogen) atoms. The summed E-state index contributed by atoms with van der Waals surface area (Å²) < 4.78 is 5.07. The van der Waals surface area contributed by atoms with Crippen molar-refractivity contribution >= 4 is 65.0 Å². The summed E-state index contributed by atoms with van der Waals surface area (Å²) in [5.74, 6) is 2.06. The molecule has 7 aromatic carbocycles. The molecule has 0 amide bonds. The maximum atomic E-state index is 5.11. The summed E-state index contributed by atoms with van der Waals surface area (Å²) in [5.41, 5.74) is 10.7. The maximum absolute atomic E-state index is 5.11. The number of fused-ring (bicyclic) bond motifs is 6. The average Bonchev–Trinajstić information content (AvgIpc) is 3.83. The standard InChI is InChI=1S/C51H36N4S/c1-4-15-33(16-5-1)39-24-13-26-42-43-27-14-25-40(48(43)56-47(39)42)36-29-30-46-44(32-36)41-23-10-11-28-45(41)55(46)38-22-12-21-37(31-38)51-53-49(34-17-6-2-7-18-34)52-50(54-51)35-19-8-3-9-20-35/h1-19,21-32,35,51H,20H2,(H,52,53,54)/p+1. The molecule has 2 atom stereocenters. The number of aliphatic imine (C=N–C) groups is 1. The van der Waals surface area contributed by atoms with Crippen molar-refractivity contribution in [3.8, 4) is 27.9 Å². The summed E-state index contributed by atoms with van der Waals surface area (Å²) in [7, 11) is 0. The van der Waals surface area contributed by atoms with E-state index in [0.717, 1.165) is 34.9 Å². The highest BCUT2D eigenvalue weighted by Gasteiger charge is 2.31. The molecule has 3 heterocycles. The Bertz CT molecular complexity index is 3090. The first-order valence-electron chi connectivity index (χ1n) is 19.3. The molecular weight excluding hydrogens is 701 g/mol. The van der Waals surface area contributed by atoms with Crippen LogP contribution in [0.4, 0.5) is 0 Å². The van der Waals surface area contributed by atoms with Gasteiger partial charge < -0.3 is 9.88 Å². The molecule has 2 aliphatic rings. The van der Waals surface area contributed by atoms with E-state index >= 15 is 0 Å². The van der Waals surface area contributed by atoms with E-state index in [0.29, 0.717) is 0 Å². The van der Waals surface area contributed by atoms with Crippen LogP contribution >= 0.6 is 11.3 Å². The van der Waals surface area contributed by atoms with Gasteiger partial charge in [0, 0.05) is 47.8 Å². The molecule has 1 aliphatic carbocycles. The lowest BCUT2D eigenvalue weighted by molar-refractivity contribution is -0.519. The highest BCUT2D eigenvalue weighted by atomic mass is 32.1. The molecule has 4 nitrogen and oxygen atoms in total. The smallest absolute Gasteiger partial charge is 0.303 e. The van der Waals surface area contributed by atoms with Crippen molar-refractivity contribution in [2.75, 3.05) is 0 Å². The largest absolute Gasteiger partial charge is 0.309 e. The molecule has 0 bridgehead atoms. The van der Waals surface area contributed by atoms with Gasteiger partial charge in [-0.3, -0.25) is 0 Å². The lowest BCUT2D eigenvalue weighted by atomic mass is 9.98. The van der Waals surface area contributed by atoms with Crippen LogP contribution in [-0.4, -0.2) is 16.2 Å². The monoisotopic (exact) mass is 737 g/mol. The second-order valence-corrected chi connectivity index (χ2v) is 15.6. The van der Waals surface area contributed by atoms with Crippen LogP contribution in [0, 0.1) is 5.92 Å². The summed E-state index contributed by atoms with van der Waals surface area (Å²) >= 11 is 1.90. The minimum atomic E-state index is -0.152. The van der Waals surface area contributed by atoms with Gasteiger partial charge in [-0.1, -0.05) is 146 Å². The van der Waals surface area contributed by atoms with Crippen LogP contribution in [0.15, 0.2) is 193 Å². The molecule has 0 saturated heterocycles. The van der Waals surface area contributed by atoms with E-state index in [2.05, 4.69) is 197 Å². The summed E-state index contributed by atoms with van der Waals surface area (Å²) in [6, 6.07) is 59.4. The van der Waals surface area contributed by atoms with E-state index in [-0.39, 0.29) is 12.1 Å². The highest BCUT2D eigenvalue weighted by molar-refractivity contribution is 7.26. The molecule has 2 aromatic heterocycles. The SMILES string of the molecule is C1=CCC(C2=[NH+]C(c3cccc(-n4c5ccccc5c5cc(-c6cccc7c6sc6c(-c8ccccc8)cccc67)ccc54)c3)NC(c3ccccc3)=N2)C=C1. The van der Waals surface area contributed by atoms with Gasteiger partial charge in [0.15, 0.2) is 6.17 Å². The minimum Gasteiger partial charge on any atom is -0.309 e. The first-order chi connectivity index (χ1) is 27.8. The Labute approximate surface area is 329 Å². The zero-order valence-electron chi connectivity index (χ0n) is 30.6. The van der Waals surface area contributed by atoms with E-state index in [1.165, 1.54) is 64.2 Å². The summed E-state index contributed by atoms with van der Waals surface area (Å²) in [5, 5.41) is 8.83. The van der Waals surface area contributed by atoms with E-state index in [4.69, 9.17) is 4.99 Å². The first-order valence-corrected chi connectivity index (χ1v) is 20.1. The molecule has 0 fully saturated rings. The Hall–Kier alpha value is -6.82. The predicted octanol–water partition coefficient (Wildman–Crippen LogP) is 11.1. The van der Waals surface area contributed by atoms with Crippen LogP contribution in [0.1, 0.15) is 23.7 Å². The fourth-order valence-electron chi connectivity index (χ4n) is 8.54. The number of thiophene rings is 1. The number of allylic oxidation sites excluding steroid dienone is 3. The van der Waals surface area contributed by atoms with E-state index < -0.39 is 0 Å². The van der Waals surface area contributed by atoms with E-state index in [1.54, 1.807) is 0 Å². The molecule has 0 saturated carbocycles. The van der Waals surface area contributed by atoms with Gasteiger partial charge in [0.2, 0.25) is 0 Å². The lowest BCUT2D eigenvalue weighted by Gasteiger charge is -2.21.